The number of hydrogen-bond acceptors (Lipinski definition) is 19. The summed E-state index contributed by atoms with van der Waals surface area (Å²) in [4.78, 5) is 70.7. The molecule has 0 aliphatic heterocycles. The topological polar surface area (TPSA) is 251 Å². The number of carbonyl (C=O) groups is 1. The molecule has 0 fully saturated rings. The van der Waals surface area contributed by atoms with E-state index in [0.717, 1.165) is 86.4 Å². The third-order valence-corrected chi connectivity index (χ3v) is 16.1. The maximum atomic E-state index is 12.0. The molecule has 19 nitrogen and oxygen atoms in total. The highest BCUT2D eigenvalue weighted by Gasteiger charge is 2.15. The zero-order chi connectivity index (χ0) is 72.0. The number of aryl methyl sites for hydroxylation is 5. The van der Waals surface area contributed by atoms with Crippen molar-refractivity contribution in [2.24, 2.45) is 0 Å². The van der Waals surface area contributed by atoms with Crippen LogP contribution in [0.25, 0.3) is 0 Å². The standard InChI is InChI=1S/C30H32N4O2.C26H26N4O2.C26H26N4O.CO2/c1-4-21-11-13-22(14-12-21)19-27-32-28(20-23-15-17-25(18-16-23)29(35)36-6-3)34-30(33-27)31-26-10-8-7-9-24(26)5-2;1-18-4-3-5-22(14-18)27-26-29-24(15-19-6-8-21(17-31)9-7-19)28-25(30-26)16-20-10-12-23(32-2)13-11-20;1-18-4-8-20(9-5-18)16-24-28-25(17-21-10-6-19(2)7-11-21)30-26(29-24)27-22-12-14-23(31-3)15-13-22;2-1-3/h7-18H,4-6,19-20H2,1-3H3,(H,31,32,33,34);3-14,31H,15-17H2,1-2H3,(H,27,28,29,30);4-15H,16-17H2,1-3H3,(H,27,28,29,30);. The van der Waals surface area contributed by atoms with Gasteiger partial charge in [-0.25, -0.2) is 19.7 Å². The Labute approximate surface area is 596 Å². The van der Waals surface area contributed by atoms with Gasteiger partial charge in [0.1, 0.15) is 46.4 Å². The lowest BCUT2D eigenvalue weighted by Crippen LogP contribution is -2.10. The lowest BCUT2D eigenvalue weighted by Gasteiger charge is -2.12. The van der Waals surface area contributed by atoms with E-state index in [1.165, 1.54) is 33.4 Å². The molecule has 0 aliphatic carbocycles. The van der Waals surface area contributed by atoms with Crippen molar-refractivity contribution in [3.05, 3.63) is 326 Å². The highest BCUT2D eigenvalue weighted by atomic mass is 16.5. The highest BCUT2D eigenvalue weighted by Crippen LogP contribution is 2.25. The molecule has 518 valence electrons. The number of hydrogen-bond donors (Lipinski definition) is 4. The van der Waals surface area contributed by atoms with Crippen LogP contribution in [0.1, 0.15) is 133 Å². The van der Waals surface area contributed by atoms with E-state index in [1.807, 2.05) is 115 Å². The Morgan fingerprint density at radius 2 is 0.745 bits per heavy atom. The molecule has 0 aliphatic rings. The van der Waals surface area contributed by atoms with E-state index < -0.39 is 0 Å². The Kier molecular flexibility index (Phi) is 27.8. The fourth-order valence-electron chi connectivity index (χ4n) is 10.7. The number of ether oxygens (including phenoxy) is 3. The van der Waals surface area contributed by atoms with E-state index in [1.54, 1.807) is 33.3 Å². The number of benzene rings is 9. The van der Waals surface area contributed by atoms with Crippen molar-refractivity contribution in [3.8, 4) is 11.5 Å². The quantitative estimate of drug-likeness (QED) is 0.0388. The fraction of sp³-hybridized carbons (Fsp3) is 0.217. The number of rotatable bonds is 25. The molecule has 0 atom stereocenters. The minimum absolute atomic E-state index is 0.0304. The van der Waals surface area contributed by atoms with E-state index in [4.69, 9.17) is 48.7 Å². The summed E-state index contributed by atoms with van der Waals surface area (Å²) in [5.41, 5.74) is 17.1. The number of carbonyl (C=O) groups excluding carboxylic acids is 3. The summed E-state index contributed by atoms with van der Waals surface area (Å²) in [6.07, 6.45) is 5.78. The summed E-state index contributed by atoms with van der Waals surface area (Å²) >= 11 is 0. The van der Waals surface area contributed by atoms with Crippen molar-refractivity contribution in [3.63, 3.8) is 0 Å². The zero-order valence-corrected chi connectivity index (χ0v) is 58.8. The van der Waals surface area contributed by atoms with Crippen molar-refractivity contribution in [1.82, 2.24) is 44.9 Å². The van der Waals surface area contributed by atoms with Crippen LogP contribution in [0.3, 0.4) is 0 Å². The molecule has 12 rings (SSSR count). The molecule has 3 aromatic heterocycles. The third-order valence-electron chi connectivity index (χ3n) is 16.1. The van der Waals surface area contributed by atoms with E-state index in [0.29, 0.717) is 91.8 Å². The molecule has 0 radical (unpaired) electrons. The van der Waals surface area contributed by atoms with Gasteiger partial charge in [-0.15, -0.1) is 0 Å². The summed E-state index contributed by atoms with van der Waals surface area (Å²) in [6.45, 7) is 12.7. The van der Waals surface area contributed by atoms with Gasteiger partial charge in [0.05, 0.1) is 33.0 Å². The largest absolute Gasteiger partial charge is 0.497 e. The molecule has 12 aromatic rings. The van der Waals surface area contributed by atoms with E-state index in [9.17, 15) is 9.90 Å². The van der Waals surface area contributed by atoms with Gasteiger partial charge in [-0.2, -0.15) is 39.5 Å². The maximum Gasteiger partial charge on any atom is 0.373 e. The third kappa shape index (κ3) is 23.5. The molecule has 4 N–H and O–H groups in total. The molecule has 0 bridgehead atoms. The maximum absolute atomic E-state index is 12.0. The highest BCUT2D eigenvalue weighted by molar-refractivity contribution is 5.89. The van der Waals surface area contributed by atoms with Gasteiger partial charge in [0.2, 0.25) is 17.8 Å². The molecule has 0 spiro atoms. The minimum atomic E-state index is -0.318. The molecule has 0 unspecified atom stereocenters. The number of nitrogens with one attached hydrogen (secondary N) is 3. The molecule has 0 saturated carbocycles. The van der Waals surface area contributed by atoms with Gasteiger partial charge in [0.25, 0.3) is 0 Å². The molecule has 0 amide bonds. The number of aromatic nitrogens is 9. The Morgan fingerprint density at radius 3 is 1.14 bits per heavy atom. The van der Waals surface area contributed by atoms with Crippen LogP contribution in [-0.4, -0.2) is 82.9 Å². The van der Waals surface area contributed by atoms with Crippen LogP contribution in [0.15, 0.2) is 218 Å². The van der Waals surface area contributed by atoms with Crippen molar-refractivity contribution < 1.29 is 33.7 Å². The number of para-hydroxylation sites is 1. The predicted molar refractivity (Wildman–Crippen MR) is 397 cm³/mol. The van der Waals surface area contributed by atoms with Crippen LogP contribution in [-0.2, 0) is 72.3 Å². The van der Waals surface area contributed by atoms with Crippen LogP contribution >= 0.6 is 0 Å². The first-order valence-corrected chi connectivity index (χ1v) is 33.7. The van der Waals surface area contributed by atoms with Crippen molar-refractivity contribution in [1.29, 1.82) is 0 Å². The lowest BCUT2D eigenvalue weighted by atomic mass is 10.1. The summed E-state index contributed by atoms with van der Waals surface area (Å²) < 4.78 is 15.6. The van der Waals surface area contributed by atoms with Gasteiger partial charge in [-0.1, -0.05) is 177 Å². The Balaban J connectivity index is 0.000000175. The molecule has 0 saturated heterocycles. The molecule has 9 aromatic carbocycles. The molecule has 3 heterocycles. The van der Waals surface area contributed by atoms with Crippen LogP contribution in [0, 0.1) is 20.8 Å². The van der Waals surface area contributed by atoms with Crippen LogP contribution in [0.2, 0.25) is 0 Å². The predicted octanol–water partition coefficient (Wildman–Crippen LogP) is 15.5. The second-order valence-electron chi connectivity index (χ2n) is 24.0. The average Bonchev–Trinajstić information content (AvgIpc) is 0.851. The zero-order valence-electron chi connectivity index (χ0n) is 58.8. The van der Waals surface area contributed by atoms with Gasteiger partial charge in [0, 0.05) is 55.6 Å². The molecule has 19 heteroatoms. The SMILES string of the molecule is CCOC(=O)c1ccc(Cc2nc(Cc3ccc(CC)cc3)nc(Nc3ccccc3CC)n2)cc1.COc1ccc(Cc2nc(Cc3ccc(CO)cc3)nc(Nc3cccc(C)c3)n2)cc1.COc1ccc(Nc2nc(Cc3ccc(C)cc3)nc(Cc3ccc(C)cc3)n2)cc1.O=C=O. The van der Waals surface area contributed by atoms with E-state index in [-0.39, 0.29) is 18.7 Å². The molecular formula is C83H84N12O7. The van der Waals surface area contributed by atoms with Crippen molar-refractivity contribution >= 4 is 47.0 Å². The number of nitrogens with zero attached hydrogens (tertiary/aromatic N) is 9. The first kappa shape index (κ1) is 74.1. The molecule has 102 heavy (non-hydrogen) atoms. The summed E-state index contributed by atoms with van der Waals surface area (Å²) in [5, 5.41) is 19.3. The number of anilines is 6. The molecular weight excluding hydrogens is 1280 g/mol. The Hall–Kier alpha value is -12.2. The van der Waals surface area contributed by atoms with Crippen LogP contribution < -0.4 is 25.4 Å². The Bertz CT molecular complexity index is 4520. The average molecular weight is 1360 g/mol. The van der Waals surface area contributed by atoms with Gasteiger partial charge in [0.15, 0.2) is 0 Å². The van der Waals surface area contributed by atoms with Crippen molar-refractivity contribution in [2.75, 3.05) is 36.8 Å². The van der Waals surface area contributed by atoms with Crippen LogP contribution in [0.5, 0.6) is 11.5 Å². The van der Waals surface area contributed by atoms with Crippen LogP contribution in [0.4, 0.5) is 34.9 Å². The fourth-order valence-corrected chi connectivity index (χ4v) is 10.7. The summed E-state index contributed by atoms with van der Waals surface area (Å²) in [6, 6.07) is 72.6. The second-order valence-corrected chi connectivity index (χ2v) is 24.0. The lowest BCUT2D eigenvalue weighted by molar-refractivity contribution is -0.191. The minimum Gasteiger partial charge on any atom is -0.497 e. The van der Waals surface area contributed by atoms with Gasteiger partial charge < -0.3 is 35.3 Å². The Morgan fingerprint density at radius 1 is 0.382 bits per heavy atom. The normalized spacial score (nSPS) is 10.5. The number of aliphatic hydroxyl groups excluding tert-OH is 1. The van der Waals surface area contributed by atoms with E-state index >= 15 is 0 Å². The number of aliphatic hydroxyl groups is 1. The smallest absolute Gasteiger partial charge is 0.373 e. The van der Waals surface area contributed by atoms with E-state index in [2.05, 4.69) is 162 Å². The second kappa shape index (κ2) is 38.3. The summed E-state index contributed by atoms with van der Waals surface area (Å²) in [7, 11) is 3.31. The first-order valence-electron chi connectivity index (χ1n) is 33.7. The van der Waals surface area contributed by atoms with Gasteiger partial charge >= 0.3 is 12.1 Å². The first-order chi connectivity index (χ1) is 49.7. The number of esters is 1. The number of methoxy groups -OCH3 is 2. The summed E-state index contributed by atoms with van der Waals surface area (Å²) in [5.74, 6) is 7.17. The van der Waals surface area contributed by atoms with Gasteiger partial charge in [-0.3, -0.25) is 0 Å². The van der Waals surface area contributed by atoms with Crippen molar-refractivity contribution in [2.45, 2.75) is 99.5 Å². The van der Waals surface area contributed by atoms with Gasteiger partial charge in [-0.05, 0) is 163 Å². The monoisotopic (exact) mass is 1360 g/mol.